The summed E-state index contributed by atoms with van der Waals surface area (Å²) < 4.78 is 16.7. The third kappa shape index (κ3) is 2.80. The van der Waals surface area contributed by atoms with Crippen LogP contribution in [0.5, 0.6) is 5.75 Å². The molecule has 7 nitrogen and oxygen atoms in total. The van der Waals surface area contributed by atoms with Gasteiger partial charge in [0.2, 0.25) is 0 Å². The summed E-state index contributed by atoms with van der Waals surface area (Å²) in [6, 6.07) is 1.78. The second-order valence-electron chi connectivity index (χ2n) is 3.01. The molecular weight excluding hydrogens is 235 g/mol. The van der Waals surface area contributed by atoms with Gasteiger partial charge in [-0.15, -0.1) is 0 Å². The number of hydrogen-bond donors (Lipinski definition) is 2. The zero-order valence-electron chi connectivity index (χ0n) is 8.55. The average Bonchev–Trinajstić information content (AvgIpc) is 2.25. The van der Waals surface area contributed by atoms with Crippen LogP contribution in [0.3, 0.4) is 0 Å². The molecule has 0 bridgehead atoms. The highest BCUT2D eigenvalue weighted by Crippen LogP contribution is 2.30. The van der Waals surface area contributed by atoms with Crippen LogP contribution in [0.25, 0.3) is 0 Å². The maximum Gasteiger partial charge on any atom is 0.339 e. The van der Waals surface area contributed by atoms with Crippen molar-refractivity contribution in [2.45, 2.75) is 0 Å². The summed E-state index contributed by atoms with van der Waals surface area (Å²) in [5.41, 5.74) is 4.15. The molecule has 0 amide bonds. The van der Waals surface area contributed by atoms with E-state index in [1.165, 1.54) is 0 Å². The van der Waals surface area contributed by atoms with E-state index in [-0.39, 0.29) is 18.0 Å². The first-order valence-corrected chi connectivity index (χ1v) is 4.47. The third-order valence-electron chi connectivity index (χ3n) is 1.89. The predicted octanol–water partition coefficient (Wildman–Crippen LogP) is 1.22. The highest BCUT2D eigenvalue weighted by atomic mass is 19.1. The van der Waals surface area contributed by atoms with Crippen molar-refractivity contribution in [3.05, 3.63) is 27.8 Å². The van der Waals surface area contributed by atoms with Gasteiger partial charge in [0.25, 0.3) is 5.69 Å². The minimum atomic E-state index is -1.41. The Bertz CT molecular complexity index is 463. The quantitative estimate of drug-likeness (QED) is 0.457. The molecule has 0 unspecified atom stereocenters. The van der Waals surface area contributed by atoms with Crippen molar-refractivity contribution in [2.24, 2.45) is 0 Å². The van der Waals surface area contributed by atoms with Crippen molar-refractivity contribution in [3.8, 4) is 5.75 Å². The lowest BCUT2D eigenvalue weighted by atomic mass is 10.1. The minimum absolute atomic E-state index is 0.196. The highest BCUT2D eigenvalue weighted by molar-refractivity contribution is 5.93. The van der Waals surface area contributed by atoms with Gasteiger partial charge in [0.05, 0.1) is 4.92 Å². The van der Waals surface area contributed by atoms with Gasteiger partial charge < -0.3 is 15.6 Å². The SMILES string of the molecule is Nc1cc(OCCF)c(C(=O)O)cc1[N+](=O)[O-]. The van der Waals surface area contributed by atoms with E-state index < -0.39 is 28.8 Å². The van der Waals surface area contributed by atoms with E-state index in [4.69, 9.17) is 15.6 Å². The van der Waals surface area contributed by atoms with Gasteiger partial charge >= 0.3 is 5.97 Å². The smallest absolute Gasteiger partial charge is 0.339 e. The summed E-state index contributed by atoms with van der Waals surface area (Å²) >= 11 is 0. The Hall–Kier alpha value is -2.38. The van der Waals surface area contributed by atoms with E-state index in [1.54, 1.807) is 0 Å². The van der Waals surface area contributed by atoms with Crippen LogP contribution in [0.1, 0.15) is 10.4 Å². The Morgan fingerprint density at radius 1 is 1.59 bits per heavy atom. The van der Waals surface area contributed by atoms with E-state index in [0.717, 1.165) is 12.1 Å². The number of nitro groups is 1. The molecule has 0 aliphatic rings. The van der Waals surface area contributed by atoms with Crippen LogP contribution in [0.15, 0.2) is 12.1 Å². The van der Waals surface area contributed by atoms with Gasteiger partial charge in [0.1, 0.15) is 30.3 Å². The Morgan fingerprint density at radius 2 is 2.24 bits per heavy atom. The Labute approximate surface area is 94.8 Å². The van der Waals surface area contributed by atoms with E-state index in [9.17, 15) is 19.3 Å². The number of benzene rings is 1. The topological polar surface area (TPSA) is 116 Å². The molecule has 0 saturated heterocycles. The van der Waals surface area contributed by atoms with Crippen molar-refractivity contribution in [1.82, 2.24) is 0 Å². The molecule has 17 heavy (non-hydrogen) atoms. The Morgan fingerprint density at radius 3 is 2.71 bits per heavy atom. The summed E-state index contributed by atoms with van der Waals surface area (Å²) in [7, 11) is 0. The molecule has 1 rings (SSSR count). The van der Waals surface area contributed by atoms with Crippen molar-refractivity contribution in [2.75, 3.05) is 19.0 Å². The third-order valence-corrected chi connectivity index (χ3v) is 1.89. The number of carbonyl (C=O) groups is 1. The summed E-state index contributed by atoms with van der Waals surface area (Å²) in [4.78, 5) is 20.6. The number of carboxylic acids is 1. The lowest BCUT2D eigenvalue weighted by Crippen LogP contribution is -2.08. The normalized spacial score (nSPS) is 9.94. The molecule has 0 aliphatic heterocycles. The van der Waals surface area contributed by atoms with Crippen molar-refractivity contribution in [1.29, 1.82) is 0 Å². The predicted molar refractivity (Wildman–Crippen MR) is 55.9 cm³/mol. The molecule has 0 aliphatic carbocycles. The van der Waals surface area contributed by atoms with Gasteiger partial charge in [0.15, 0.2) is 0 Å². The van der Waals surface area contributed by atoms with Crippen molar-refractivity contribution < 1.29 is 24.0 Å². The first-order chi connectivity index (χ1) is 7.97. The maximum atomic E-state index is 11.9. The van der Waals surface area contributed by atoms with Gasteiger partial charge in [-0.25, -0.2) is 9.18 Å². The number of ether oxygens (including phenoxy) is 1. The van der Waals surface area contributed by atoms with Crippen LogP contribution in [0.2, 0.25) is 0 Å². The first kappa shape index (κ1) is 12.7. The zero-order valence-corrected chi connectivity index (χ0v) is 8.55. The fourth-order valence-corrected chi connectivity index (χ4v) is 1.18. The molecule has 0 atom stereocenters. The first-order valence-electron chi connectivity index (χ1n) is 4.47. The van der Waals surface area contributed by atoms with Gasteiger partial charge in [-0.3, -0.25) is 10.1 Å². The summed E-state index contributed by atoms with van der Waals surface area (Å²) in [5.74, 6) is -1.61. The standard InChI is InChI=1S/C9H9FN2O5/c10-1-2-17-8-4-6(11)7(12(15)16)3-5(8)9(13)14/h3-4H,1-2,11H2,(H,13,14). The molecule has 0 aromatic heterocycles. The monoisotopic (exact) mass is 244 g/mol. The van der Waals surface area contributed by atoms with Gasteiger partial charge in [-0.1, -0.05) is 0 Å². The molecule has 8 heteroatoms. The molecule has 3 N–H and O–H groups in total. The zero-order chi connectivity index (χ0) is 13.0. The van der Waals surface area contributed by atoms with Crippen molar-refractivity contribution in [3.63, 3.8) is 0 Å². The van der Waals surface area contributed by atoms with Crippen LogP contribution < -0.4 is 10.5 Å². The van der Waals surface area contributed by atoms with Crippen LogP contribution in [-0.4, -0.2) is 29.3 Å². The number of aromatic carboxylic acids is 1. The highest BCUT2D eigenvalue weighted by Gasteiger charge is 2.20. The summed E-state index contributed by atoms with van der Waals surface area (Å²) in [5, 5.41) is 19.4. The second-order valence-corrected chi connectivity index (χ2v) is 3.01. The van der Waals surface area contributed by atoms with E-state index in [1.807, 2.05) is 0 Å². The summed E-state index contributed by atoms with van der Waals surface area (Å²) in [6.45, 7) is -1.16. The fourth-order valence-electron chi connectivity index (χ4n) is 1.18. The van der Waals surface area contributed by atoms with E-state index in [2.05, 4.69) is 0 Å². The number of nitrogens with zero attached hydrogens (tertiary/aromatic N) is 1. The number of nitro benzene ring substituents is 1. The molecule has 0 fully saturated rings. The lowest BCUT2D eigenvalue weighted by Gasteiger charge is -2.08. The number of carboxylic acid groups (broad SMARTS) is 1. The molecule has 1 aromatic rings. The number of nitrogens with two attached hydrogens (primary N) is 1. The van der Waals surface area contributed by atoms with Gasteiger partial charge in [0, 0.05) is 12.1 Å². The van der Waals surface area contributed by atoms with Gasteiger partial charge in [-0.2, -0.15) is 0 Å². The summed E-state index contributed by atoms with van der Waals surface area (Å²) in [6.07, 6.45) is 0. The Kier molecular flexibility index (Phi) is 3.81. The second kappa shape index (κ2) is 5.10. The number of rotatable bonds is 5. The van der Waals surface area contributed by atoms with Crippen LogP contribution in [0, 0.1) is 10.1 Å². The van der Waals surface area contributed by atoms with E-state index >= 15 is 0 Å². The van der Waals surface area contributed by atoms with Crippen LogP contribution >= 0.6 is 0 Å². The average molecular weight is 244 g/mol. The number of alkyl halides is 1. The molecule has 0 spiro atoms. The van der Waals surface area contributed by atoms with Gasteiger partial charge in [-0.05, 0) is 0 Å². The van der Waals surface area contributed by atoms with E-state index in [0.29, 0.717) is 0 Å². The largest absolute Gasteiger partial charge is 0.490 e. The van der Waals surface area contributed by atoms with Crippen molar-refractivity contribution >= 4 is 17.3 Å². The number of hydrogen-bond acceptors (Lipinski definition) is 5. The molecular formula is C9H9FN2O5. The molecule has 0 saturated carbocycles. The molecule has 92 valence electrons. The number of anilines is 1. The number of nitrogen functional groups attached to an aromatic ring is 1. The lowest BCUT2D eigenvalue weighted by molar-refractivity contribution is -0.383. The molecule has 1 aromatic carbocycles. The van der Waals surface area contributed by atoms with Crippen LogP contribution in [-0.2, 0) is 0 Å². The Balaban J connectivity index is 3.25. The fraction of sp³-hybridized carbons (Fsp3) is 0.222. The van der Waals surface area contributed by atoms with Crippen LogP contribution in [0.4, 0.5) is 15.8 Å². The molecule has 0 radical (unpaired) electrons. The number of halogens is 1. The maximum absolute atomic E-state index is 11.9. The minimum Gasteiger partial charge on any atom is -0.490 e. The molecule has 0 heterocycles.